The van der Waals surface area contributed by atoms with Gasteiger partial charge < -0.3 is 10.4 Å². The van der Waals surface area contributed by atoms with Crippen LogP contribution in [0.4, 0.5) is 0 Å². The molecule has 0 radical (unpaired) electrons. The number of aliphatic hydroxyl groups is 1. The number of rotatable bonds is 0. The maximum Gasteiger partial charge on any atom is 0.0665 e. The van der Waals surface area contributed by atoms with Gasteiger partial charge in [0.25, 0.3) is 0 Å². The molecule has 2 nitrogen and oxygen atoms in total. The lowest BCUT2D eigenvalue weighted by atomic mass is 10.1. The molecule has 2 N–H and O–H groups in total. The third-order valence-electron chi connectivity index (χ3n) is 0.997. The first kappa shape index (κ1) is 3.05. The first-order valence-corrected chi connectivity index (χ1v) is 2.46. The predicted molar refractivity (Wildman–Crippen MR) is 28.1 cm³/mol. The Labute approximate surface area is 46.3 Å². The Bertz CT molecular complexity index is 101. The Morgan fingerprint density at radius 2 is 2.71 bits per heavy atom. The molecule has 3 unspecified atom stereocenters. The number of β-amino-alcohol motifs (C(OH)–C–C–N with tert-alkyl or cyclic N) is 1. The molecule has 0 spiro atoms. The number of hydrogen-bond donors (Lipinski definition) is 2. The average Bonchev–Trinajstić information content (AvgIpc) is 1.80. The summed E-state index contributed by atoms with van der Waals surface area (Å²) in [7, 11) is 0. The van der Waals surface area contributed by atoms with Crippen molar-refractivity contribution >= 4 is 0 Å². The quantitative estimate of drug-likeness (QED) is 0.442. The van der Waals surface area contributed by atoms with Crippen molar-refractivity contribution in [2.75, 3.05) is 13.1 Å². The summed E-state index contributed by atoms with van der Waals surface area (Å²) in [5.41, 5.74) is 0. The first-order chi connectivity index (χ1) is 4.20. The van der Waals surface area contributed by atoms with E-state index in [0.29, 0.717) is 13.0 Å². The normalized spacial score (nSPS) is 58.1. The fourth-order valence-electron chi connectivity index (χ4n) is 0.596. The van der Waals surface area contributed by atoms with Gasteiger partial charge in [-0.3, -0.25) is 0 Å². The maximum atomic E-state index is 8.96. The molecule has 3 atom stereocenters. The topological polar surface area (TPSA) is 32.3 Å². The third kappa shape index (κ3) is 1.45. The van der Waals surface area contributed by atoms with Crippen LogP contribution < -0.4 is 5.32 Å². The number of nitrogens with one attached hydrogen (secondary N) is 1. The molecule has 0 bridgehead atoms. The Hall–Kier alpha value is -0.0800. The van der Waals surface area contributed by atoms with E-state index in [1.54, 1.807) is 0 Å². The lowest BCUT2D eigenvalue weighted by Gasteiger charge is -2.16. The molecule has 0 aliphatic carbocycles. The van der Waals surface area contributed by atoms with Gasteiger partial charge in [0.2, 0.25) is 0 Å². The fourth-order valence-corrected chi connectivity index (χ4v) is 0.596. The standard InChI is InChI=1S/C5H11NO/c7-5-2-1-3-6-4-5/h5-7H,1-4H2/i2D,3D. The van der Waals surface area contributed by atoms with E-state index in [1.807, 2.05) is 0 Å². The molecule has 0 aromatic rings. The van der Waals surface area contributed by atoms with Crippen LogP contribution in [-0.4, -0.2) is 24.3 Å². The molecule has 1 aliphatic heterocycles. The highest BCUT2D eigenvalue weighted by Gasteiger charge is 2.06. The van der Waals surface area contributed by atoms with Crippen molar-refractivity contribution in [1.29, 1.82) is 0 Å². The van der Waals surface area contributed by atoms with Crippen LogP contribution in [0.15, 0.2) is 0 Å². The van der Waals surface area contributed by atoms with Gasteiger partial charge in [0.1, 0.15) is 0 Å². The number of piperidine rings is 1. The summed E-state index contributed by atoms with van der Waals surface area (Å²) in [6, 6.07) is 0. The van der Waals surface area contributed by atoms with Gasteiger partial charge in [0.15, 0.2) is 0 Å². The zero-order valence-corrected chi connectivity index (χ0v) is 4.09. The van der Waals surface area contributed by atoms with Crippen LogP contribution in [0.1, 0.15) is 15.6 Å². The van der Waals surface area contributed by atoms with E-state index in [2.05, 4.69) is 5.32 Å². The SMILES string of the molecule is [2H]C1CC([2H])C(O)CN1. The Balaban J connectivity index is 2.35. The van der Waals surface area contributed by atoms with Crippen molar-refractivity contribution in [2.45, 2.75) is 18.9 Å². The van der Waals surface area contributed by atoms with E-state index >= 15 is 0 Å². The molecule has 0 amide bonds. The van der Waals surface area contributed by atoms with Crippen LogP contribution in [0.5, 0.6) is 0 Å². The molecule has 0 aromatic carbocycles. The highest BCUT2D eigenvalue weighted by molar-refractivity contribution is 4.65. The van der Waals surface area contributed by atoms with Gasteiger partial charge in [0.05, 0.1) is 6.10 Å². The molecule has 0 saturated carbocycles. The number of aliphatic hydroxyl groups excluding tert-OH is 1. The second-order valence-corrected chi connectivity index (χ2v) is 1.65. The summed E-state index contributed by atoms with van der Waals surface area (Å²) in [5.74, 6) is 0. The lowest BCUT2D eigenvalue weighted by Crippen LogP contribution is -2.33. The van der Waals surface area contributed by atoms with Crippen LogP contribution in [0.3, 0.4) is 0 Å². The predicted octanol–water partition coefficient (Wildman–Crippen LogP) is -0.269. The van der Waals surface area contributed by atoms with Crippen LogP contribution in [0.2, 0.25) is 0 Å². The minimum atomic E-state index is -0.577. The molecule has 1 aliphatic rings. The minimum absolute atomic E-state index is 0.351. The van der Waals surface area contributed by atoms with Gasteiger partial charge in [0, 0.05) is 9.29 Å². The Morgan fingerprint density at radius 3 is 3.29 bits per heavy atom. The van der Waals surface area contributed by atoms with Crippen LogP contribution >= 0.6 is 0 Å². The van der Waals surface area contributed by atoms with Gasteiger partial charge in [-0.2, -0.15) is 0 Å². The van der Waals surface area contributed by atoms with E-state index in [0.717, 1.165) is 0 Å². The van der Waals surface area contributed by atoms with E-state index in [4.69, 9.17) is 7.85 Å². The van der Waals surface area contributed by atoms with Crippen molar-refractivity contribution in [1.82, 2.24) is 5.32 Å². The highest BCUT2D eigenvalue weighted by atomic mass is 16.3. The number of hydrogen-bond acceptors (Lipinski definition) is 2. The van der Waals surface area contributed by atoms with Gasteiger partial charge in [-0.05, 0) is 19.3 Å². The molecule has 7 heavy (non-hydrogen) atoms. The molecular formula is C5H11NO. The molecule has 0 aromatic heterocycles. The fraction of sp³-hybridized carbons (Fsp3) is 1.00. The monoisotopic (exact) mass is 103 g/mol. The average molecular weight is 103 g/mol. The van der Waals surface area contributed by atoms with Crippen LogP contribution in [-0.2, 0) is 0 Å². The van der Waals surface area contributed by atoms with Crippen LogP contribution in [0.25, 0.3) is 0 Å². The summed E-state index contributed by atoms with van der Waals surface area (Å²) in [5, 5.41) is 11.7. The highest BCUT2D eigenvalue weighted by Crippen LogP contribution is 1.98. The zero-order chi connectivity index (χ0) is 6.85. The summed E-state index contributed by atoms with van der Waals surface area (Å²) >= 11 is 0. The molecular weight excluding hydrogens is 90.1 g/mol. The first-order valence-electron chi connectivity index (χ1n) is 3.61. The summed E-state index contributed by atoms with van der Waals surface area (Å²) in [6.45, 7) is 0.0402. The second-order valence-electron chi connectivity index (χ2n) is 1.65. The Morgan fingerprint density at radius 1 is 1.86 bits per heavy atom. The van der Waals surface area contributed by atoms with E-state index in [-0.39, 0.29) is 6.52 Å². The van der Waals surface area contributed by atoms with Crippen molar-refractivity contribution in [3.63, 3.8) is 0 Å². The summed E-state index contributed by atoms with van der Waals surface area (Å²) < 4.78 is 14.3. The van der Waals surface area contributed by atoms with Gasteiger partial charge in [-0.25, -0.2) is 0 Å². The minimum Gasteiger partial charge on any atom is -0.392 e. The van der Waals surface area contributed by atoms with E-state index in [1.165, 1.54) is 0 Å². The zero-order valence-electron chi connectivity index (χ0n) is 6.09. The Kier molecular flexibility index (Phi) is 0.995. The van der Waals surface area contributed by atoms with Crippen molar-refractivity contribution < 1.29 is 7.85 Å². The van der Waals surface area contributed by atoms with E-state index < -0.39 is 12.5 Å². The summed E-state index contributed by atoms with van der Waals surface area (Å²) in [4.78, 5) is 0. The smallest absolute Gasteiger partial charge is 0.0665 e. The third-order valence-corrected chi connectivity index (χ3v) is 0.997. The van der Waals surface area contributed by atoms with Gasteiger partial charge in [-0.15, -0.1) is 0 Å². The molecule has 2 heteroatoms. The van der Waals surface area contributed by atoms with Gasteiger partial charge in [-0.1, -0.05) is 0 Å². The molecule has 42 valence electrons. The van der Waals surface area contributed by atoms with Crippen molar-refractivity contribution in [2.24, 2.45) is 0 Å². The van der Waals surface area contributed by atoms with Crippen LogP contribution in [0, 0.1) is 0 Å². The molecule has 1 saturated heterocycles. The molecule has 1 heterocycles. The molecule has 1 rings (SSSR count). The second kappa shape index (κ2) is 2.28. The maximum absolute atomic E-state index is 8.96. The summed E-state index contributed by atoms with van der Waals surface area (Å²) in [6.07, 6.45) is -0.610. The lowest BCUT2D eigenvalue weighted by molar-refractivity contribution is 0.142. The van der Waals surface area contributed by atoms with Gasteiger partial charge >= 0.3 is 0 Å². The van der Waals surface area contributed by atoms with Crippen molar-refractivity contribution in [3.8, 4) is 0 Å². The largest absolute Gasteiger partial charge is 0.392 e. The molecule has 1 fully saturated rings. The van der Waals surface area contributed by atoms with Crippen molar-refractivity contribution in [3.05, 3.63) is 0 Å². The van der Waals surface area contributed by atoms with E-state index in [9.17, 15) is 0 Å².